The van der Waals surface area contributed by atoms with Crippen molar-refractivity contribution in [2.24, 2.45) is 0 Å². The largest absolute Gasteiger partial charge is 0.490 e. The first-order valence-electron chi connectivity index (χ1n) is 7.12. The van der Waals surface area contributed by atoms with Crippen LogP contribution in [0.25, 0.3) is 11.0 Å². The number of hydrogen-bond donors (Lipinski definition) is 1. The molecule has 0 aliphatic carbocycles. The van der Waals surface area contributed by atoms with E-state index in [2.05, 4.69) is 5.32 Å². The molecule has 3 rings (SSSR count). The van der Waals surface area contributed by atoms with Gasteiger partial charge in [-0.25, -0.2) is 0 Å². The number of fused-ring (bicyclic) bond motifs is 1. The summed E-state index contributed by atoms with van der Waals surface area (Å²) >= 11 is 0. The van der Waals surface area contributed by atoms with E-state index in [1.54, 1.807) is 30.7 Å². The Kier molecular flexibility index (Phi) is 3.87. The van der Waals surface area contributed by atoms with Gasteiger partial charge < -0.3 is 18.9 Å². The summed E-state index contributed by atoms with van der Waals surface area (Å²) in [5, 5.41) is 3.67. The number of amides is 1. The lowest BCUT2D eigenvalue weighted by atomic mass is 10.1. The second-order valence-corrected chi connectivity index (χ2v) is 5.24. The summed E-state index contributed by atoms with van der Waals surface area (Å²) in [5.41, 5.74) is 1.12. The van der Waals surface area contributed by atoms with Gasteiger partial charge in [0.05, 0.1) is 30.6 Å². The molecule has 0 spiro atoms. The third-order valence-electron chi connectivity index (χ3n) is 3.16. The van der Waals surface area contributed by atoms with Gasteiger partial charge in [0, 0.05) is 5.56 Å². The molecule has 0 saturated heterocycles. The number of nitrogens with one attached hydrogen (secondary N) is 1. The molecular weight excluding hydrogens is 282 g/mol. The number of rotatable bonds is 5. The fourth-order valence-electron chi connectivity index (χ4n) is 2.20. The maximum atomic E-state index is 12.3. The standard InChI is InChI=1S/C17H17NO4/c1-11(2)22-16-9-12(8-15-14(16)5-7-21-15)17(19)18-10-13-4-3-6-20-13/h3-9,11H,10H2,1-2H3,(H,18,19). The predicted octanol–water partition coefficient (Wildman–Crippen LogP) is 3.74. The van der Waals surface area contributed by atoms with Gasteiger partial charge in [0.1, 0.15) is 17.1 Å². The van der Waals surface area contributed by atoms with Crippen molar-refractivity contribution in [2.75, 3.05) is 0 Å². The Balaban J connectivity index is 1.84. The smallest absolute Gasteiger partial charge is 0.251 e. The van der Waals surface area contributed by atoms with Crippen molar-refractivity contribution < 1.29 is 18.4 Å². The lowest BCUT2D eigenvalue weighted by molar-refractivity contribution is 0.0947. The summed E-state index contributed by atoms with van der Waals surface area (Å²) < 4.78 is 16.4. The normalized spacial score (nSPS) is 11.0. The number of benzene rings is 1. The Bertz CT molecular complexity index is 771. The van der Waals surface area contributed by atoms with Gasteiger partial charge in [-0.3, -0.25) is 4.79 Å². The second kappa shape index (κ2) is 5.97. The molecule has 22 heavy (non-hydrogen) atoms. The highest BCUT2D eigenvalue weighted by Crippen LogP contribution is 2.29. The first kappa shape index (κ1) is 14.3. The number of ether oxygens (including phenoxy) is 1. The van der Waals surface area contributed by atoms with Crippen LogP contribution in [-0.4, -0.2) is 12.0 Å². The molecule has 1 aromatic carbocycles. The third-order valence-corrected chi connectivity index (χ3v) is 3.16. The fraction of sp³-hybridized carbons (Fsp3) is 0.235. The molecule has 2 aromatic heterocycles. The summed E-state index contributed by atoms with van der Waals surface area (Å²) in [7, 11) is 0. The van der Waals surface area contributed by atoms with E-state index in [4.69, 9.17) is 13.6 Å². The Morgan fingerprint density at radius 2 is 2.09 bits per heavy atom. The van der Waals surface area contributed by atoms with Gasteiger partial charge in [-0.2, -0.15) is 0 Å². The van der Waals surface area contributed by atoms with Crippen LogP contribution in [0.2, 0.25) is 0 Å². The van der Waals surface area contributed by atoms with Crippen LogP contribution in [0.1, 0.15) is 30.0 Å². The van der Waals surface area contributed by atoms with E-state index in [9.17, 15) is 4.79 Å². The Morgan fingerprint density at radius 3 is 2.82 bits per heavy atom. The zero-order chi connectivity index (χ0) is 15.5. The summed E-state index contributed by atoms with van der Waals surface area (Å²) in [5.74, 6) is 1.14. The molecule has 0 aliphatic heterocycles. The van der Waals surface area contributed by atoms with Crippen molar-refractivity contribution in [1.82, 2.24) is 5.32 Å². The average Bonchev–Trinajstić information content (AvgIpc) is 3.15. The van der Waals surface area contributed by atoms with Gasteiger partial charge in [-0.1, -0.05) is 0 Å². The van der Waals surface area contributed by atoms with Crippen LogP contribution in [0, 0.1) is 0 Å². The number of carbonyl (C=O) groups excluding carboxylic acids is 1. The number of furan rings is 2. The molecule has 5 nitrogen and oxygen atoms in total. The molecule has 0 aliphatic rings. The minimum absolute atomic E-state index is 0.0135. The average molecular weight is 299 g/mol. The molecule has 1 amide bonds. The van der Waals surface area contributed by atoms with Gasteiger partial charge in [-0.05, 0) is 44.2 Å². The first-order valence-corrected chi connectivity index (χ1v) is 7.12. The highest BCUT2D eigenvalue weighted by atomic mass is 16.5. The van der Waals surface area contributed by atoms with E-state index in [1.165, 1.54) is 0 Å². The molecule has 5 heteroatoms. The summed E-state index contributed by atoms with van der Waals surface area (Å²) in [6.45, 7) is 4.22. The molecular formula is C17H17NO4. The van der Waals surface area contributed by atoms with Gasteiger partial charge in [0.25, 0.3) is 5.91 Å². The number of carbonyl (C=O) groups is 1. The van der Waals surface area contributed by atoms with Crippen molar-refractivity contribution in [3.63, 3.8) is 0 Å². The highest BCUT2D eigenvalue weighted by molar-refractivity contribution is 5.99. The van der Waals surface area contributed by atoms with E-state index < -0.39 is 0 Å². The monoisotopic (exact) mass is 299 g/mol. The Morgan fingerprint density at radius 1 is 1.23 bits per heavy atom. The molecule has 114 valence electrons. The predicted molar refractivity (Wildman–Crippen MR) is 81.9 cm³/mol. The molecule has 0 unspecified atom stereocenters. The van der Waals surface area contributed by atoms with Crippen molar-refractivity contribution in [1.29, 1.82) is 0 Å². The van der Waals surface area contributed by atoms with Crippen molar-refractivity contribution in [3.8, 4) is 5.75 Å². The van der Waals surface area contributed by atoms with Gasteiger partial charge in [-0.15, -0.1) is 0 Å². The van der Waals surface area contributed by atoms with Crippen molar-refractivity contribution >= 4 is 16.9 Å². The minimum Gasteiger partial charge on any atom is -0.490 e. The van der Waals surface area contributed by atoms with Gasteiger partial charge >= 0.3 is 0 Å². The zero-order valence-electron chi connectivity index (χ0n) is 12.5. The topological polar surface area (TPSA) is 64.6 Å². The van der Waals surface area contributed by atoms with E-state index in [0.29, 0.717) is 29.2 Å². The fourth-order valence-corrected chi connectivity index (χ4v) is 2.20. The van der Waals surface area contributed by atoms with Crippen LogP contribution in [0.15, 0.2) is 51.7 Å². The van der Waals surface area contributed by atoms with E-state index in [-0.39, 0.29) is 12.0 Å². The summed E-state index contributed by atoms with van der Waals surface area (Å²) in [6.07, 6.45) is 3.17. The van der Waals surface area contributed by atoms with Crippen LogP contribution in [0.4, 0.5) is 0 Å². The molecule has 0 fully saturated rings. The third kappa shape index (κ3) is 2.98. The first-order chi connectivity index (χ1) is 10.6. The zero-order valence-corrected chi connectivity index (χ0v) is 12.5. The van der Waals surface area contributed by atoms with Crippen LogP contribution in [0.5, 0.6) is 5.75 Å². The molecule has 0 radical (unpaired) electrons. The van der Waals surface area contributed by atoms with Crippen LogP contribution in [-0.2, 0) is 6.54 Å². The van der Waals surface area contributed by atoms with Crippen LogP contribution < -0.4 is 10.1 Å². The molecule has 1 N–H and O–H groups in total. The quantitative estimate of drug-likeness (QED) is 0.779. The molecule has 0 atom stereocenters. The maximum Gasteiger partial charge on any atom is 0.251 e. The summed E-state index contributed by atoms with van der Waals surface area (Å²) in [4.78, 5) is 12.3. The SMILES string of the molecule is CC(C)Oc1cc(C(=O)NCc2ccco2)cc2occc12. The highest BCUT2D eigenvalue weighted by Gasteiger charge is 2.14. The van der Waals surface area contributed by atoms with E-state index >= 15 is 0 Å². The maximum absolute atomic E-state index is 12.3. The number of hydrogen-bond acceptors (Lipinski definition) is 4. The van der Waals surface area contributed by atoms with Crippen LogP contribution in [0.3, 0.4) is 0 Å². The second-order valence-electron chi connectivity index (χ2n) is 5.24. The lowest BCUT2D eigenvalue weighted by Crippen LogP contribution is -2.22. The summed E-state index contributed by atoms with van der Waals surface area (Å²) in [6, 6.07) is 8.86. The van der Waals surface area contributed by atoms with E-state index in [1.807, 2.05) is 26.0 Å². The van der Waals surface area contributed by atoms with Crippen molar-refractivity contribution in [3.05, 3.63) is 54.2 Å². The van der Waals surface area contributed by atoms with E-state index in [0.717, 1.165) is 5.39 Å². The van der Waals surface area contributed by atoms with Crippen molar-refractivity contribution in [2.45, 2.75) is 26.5 Å². The molecule has 0 saturated carbocycles. The van der Waals surface area contributed by atoms with Gasteiger partial charge in [0.15, 0.2) is 0 Å². The molecule has 2 heterocycles. The van der Waals surface area contributed by atoms with Gasteiger partial charge in [0.2, 0.25) is 0 Å². The Labute approximate surface area is 127 Å². The molecule has 0 bridgehead atoms. The van der Waals surface area contributed by atoms with Crippen LogP contribution >= 0.6 is 0 Å². The Hall–Kier alpha value is -2.69. The lowest BCUT2D eigenvalue weighted by Gasteiger charge is -2.12. The minimum atomic E-state index is -0.205. The molecule has 3 aromatic rings.